The van der Waals surface area contributed by atoms with Gasteiger partial charge in [0.25, 0.3) is 10.1 Å². The predicted molar refractivity (Wildman–Crippen MR) is 50.3 cm³/mol. The van der Waals surface area contributed by atoms with Gasteiger partial charge in [-0.2, -0.15) is 21.6 Å². The lowest BCUT2D eigenvalue weighted by molar-refractivity contribution is -0.152. The summed E-state index contributed by atoms with van der Waals surface area (Å²) in [6.07, 6.45) is -4.75. The SMILES string of the molecule is Cc1cc(F)ccc1S(=O)(=O)OCC(F)(F)F. The third-order valence-corrected chi connectivity index (χ3v) is 3.21. The number of alkyl halides is 3. The molecule has 0 aliphatic heterocycles. The molecule has 3 nitrogen and oxygen atoms in total. The lowest BCUT2D eigenvalue weighted by atomic mass is 10.2. The number of hydrogen-bond donors (Lipinski definition) is 0. The fourth-order valence-electron chi connectivity index (χ4n) is 1.10. The zero-order chi connectivity index (χ0) is 13.3. The minimum absolute atomic E-state index is 0.0211. The van der Waals surface area contributed by atoms with E-state index in [1.54, 1.807) is 0 Å². The van der Waals surface area contributed by atoms with E-state index >= 15 is 0 Å². The van der Waals surface area contributed by atoms with E-state index in [1.165, 1.54) is 6.92 Å². The Morgan fingerprint density at radius 1 is 1.29 bits per heavy atom. The minimum Gasteiger partial charge on any atom is -0.257 e. The Balaban J connectivity index is 2.98. The van der Waals surface area contributed by atoms with Gasteiger partial charge in [0.1, 0.15) is 5.82 Å². The normalized spacial score (nSPS) is 12.8. The molecule has 0 heterocycles. The van der Waals surface area contributed by atoms with E-state index in [0.29, 0.717) is 0 Å². The van der Waals surface area contributed by atoms with E-state index in [1.807, 2.05) is 0 Å². The van der Waals surface area contributed by atoms with E-state index in [4.69, 9.17) is 0 Å². The molecule has 0 N–H and O–H groups in total. The topological polar surface area (TPSA) is 43.4 Å². The van der Waals surface area contributed by atoms with Crippen molar-refractivity contribution in [2.75, 3.05) is 6.61 Å². The summed E-state index contributed by atoms with van der Waals surface area (Å²) in [7, 11) is -4.53. The van der Waals surface area contributed by atoms with Crippen LogP contribution in [0.25, 0.3) is 0 Å². The van der Waals surface area contributed by atoms with E-state index in [0.717, 1.165) is 18.2 Å². The lowest BCUT2D eigenvalue weighted by Crippen LogP contribution is -2.21. The molecule has 0 fully saturated rings. The first-order valence-electron chi connectivity index (χ1n) is 4.34. The van der Waals surface area contributed by atoms with Crippen LogP contribution in [0.1, 0.15) is 5.56 Å². The Morgan fingerprint density at radius 3 is 2.35 bits per heavy atom. The van der Waals surface area contributed by atoms with Crippen molar-refractivity contribution in [3.63, 3.8) is 0 Å². The minimum atomic E-state index is -4.75. The summed E-state index contributed by atoms with van der Waals surface area (Å²) in [5, 5.41) is 0. The quantitative estimate of drug-likeness (QED) is 0.627. The first-order valence-corrected chi connectivity index (χ1v) is 5.75. The molecule has 0 aliphatic rings. The van der Waals surface area contributed by atoms with E-state index in [-0.39, 0.29) is 5.56 Å². The molecule has 0 radical (unpaired) electrons. The summed E-state index contributed by atoms with van der Waals surface area (Å²) in [5.41, 5.74) is -0.0211. The van der Waals surface area contributed by atoms with Gasteiger partial charge < -0.3 is 0 Å². The van der Waals surface area contributed by atoms with Gasteiger partial charge in [-0.3, -0.25) is 4.18 Å². The van der Waals surface area contributed by atoms with Crippen molar-refractivity contribution >= 4 is 10.1 Å². The maximum atomic E-state index is 12.7. The Morgan fingerprint density at radius 2 is 1.88 bits per heavy atom. The third-order valence-electron chi connectivity index (χ3n) is 1.78. The third kappa shape index (κ3) is 3.97. The second-order valence-electron chi connectivity index (χ2n) is 3.24. The monoisotopic (exact) mass is 272 g/mol. The summed E-state index contributed by atoms with van der Waals surface area (Å²) in [4.78, 5) is -0.483. The molecular weight excluding hydrogens is 264 g/mol. The number of benzene rings is 1. The molecule has 0 atom stereocenters. The zero-order valence-corrected chi connectivity index (χ0v) is 9.40. The summed E-state index contributed by atoms with van der Waals surface area (Å²) < 4.78 is 74.7. The summed E-state index contributed by atoms with van der Waals surface area (Å²) >= 11 is 0. The molecule has 0 saturated carbocycles. The number of rotatable bonds is 3. The van der Waals surface area contributed by atoms with Crippen LogP contribution in [0.3, 0.4) is 0 Å². The van der Waals surface area contributed by atoms with Gasteiger partial charge in [0, 0.05) is 0 Å². The van der Waals surface area contributed by atoms with Crippen LogP contribution in [0.4, 0.5) is 17.6 Å². The van der Waals surface area contributed by atoms with Crippen LogP contribution < -0.4 is 0 Å². The molecular formula is C9H8F4O3S. The van der Waals surface area contributed by atoms with Gasteiger partial charge in [0.15, 0.2) is 6.61 Å². The van der Waals surface area contributed by atoms with Crippen LogP contribution >= 0.6 is 0 Å². The van der Waals surface area contributed by atoms with E-state index < -0.39 is 33.6 Å². The lowest BCUT2D eigenvalue weighted by Gasteiger charge is -2.09. The molecule has 0 saturated heterocycles. The van der Waals surface area contributed by atoms with Crippen molar-refractivity contribution in [3.8, 4) is 0 Å². The highest BCUT2D eigenvalue weighted by Gasteiger charge is 2.32. The predicted octanol–water partition coefficient (Wildman–Crippen LogP) is 2.40. The molecule has 1 aromatic rings. The number of hydrogen-bond acceptors (Lipinski definition) is 3. The maximum absolute atomic E-state index is 12.7. The highest BCUT2D eigenvalue weighted by atomic mass is 32.2. The fourth-order valence-corrected chi connectivity index (χ4v) is 2.20. The maximum Gasteiger partial charge on any atom is 0.413 e. The molecule has 0 amide bonds. The van der Waals surface area contributed by atoms with Crippen LogP contribution in [0.15, 0.2) is 23.1 Å². The van der Waals surface area contributed by atoms with Gasteiger partial charge >= 0.3 is 6.18 Å². The second-order valence-corrected chi connectivity index (χ2v) is 4.83. The fraction of sp³-hybridized carbons (Fsp3) is 0.333. The Bertz CT molecular complexity index is 507. The van der Waals surface area contributed by atoms with Crippen molar-refractivity contribution in [1.82, 2.24) is 0 Å². The zero-order valence-electron chi connectivity index (χ0n) is 8.58. The molecule has 17 heavy (non-hydrogen) atoms. The van der Waals surface area contributed by atoms with Gasteiger partial charge in [-0.1, -0.05) is 0 Å². The van der Waals surface area contributed by atoms with Gasteiger partial charge in [-0.15, -0.1) is 0 Å². The first kappa shape index (κ1) is 13.9. The van der Waals surface area contributed by atoms with E-state index in [9.17, 15) is 26.0 Å². The molecule has 0 aromatic heterocycles. The van der Waals surface area contributed by atoms with Gasteiger partial charge in [-0.05, 0) is 30.7 Å². The summed E-state index contributed by atoms with van der Waals surface area (Å²) in [5.74, 6) is -0.683. The average Bonchev–Trinajstić information content (AvgIpc) is 2.13. The summed E-state index contributed by atoms with van der Waals surface area (Å²) in [6.45, 7) is -0.654. The molecule has 96 valence electrons. The molecule has 1 aromatic carbocycles. The molecule has 0 bridgehead atoms. The van der Waals surface area contributed by atoms with E-state index in [2.05, 4.69) is 4.18 Å². The molecule has 0 aliphatic carbocycles. The highest BCUT2D eigenvalue weighted by molar-refractivity contribution is 7.86. The van der Waals surface area contributed by atoms with Gasteiger partial charge in [0.2, 0.25) is 0 Å². The van der Waals surface area contributed by atoms with Crippen LogP contribution in [-0.4, -0.2) is 21.2 Å². The molecule has 0 spiro atoms. The number of aryl methyl sites for hydroxylation is 1. The Labute approximate surface area is 95.1 Å². The van der Waals surface area contributed by atoms with Crippen LogP contribution in [-0.2, 0) is 14.3 Å². The Kier molecular flexibility index (Phi) is 3.78. The van der Waals surface area contributed by atoms with Crippen molar-refractivity contribution in [2.45, 2.75) is 18.0 Å². The van der Waals surface area contributed by atoms with Gasteiger partial charge in [-0.25, -0.2) is 4.39 Å². The van der Waals surface area contributed by atoms with Crippen molar-refractivity contribution in [1.29, 1.82) is 0 Å². The largest absolute Gasteiger partial charge is 0.413 e. The van der Waals surface area contributed by atoms with Crippen LogP contribution in [0.5, 0.6) is 0 Å². The van der Waals surface area contributed by atoms with Crippen LogP contribution in [0.2, 0.25) is 0 Å². The molecule has 1 rings (SSSR count). The molecule has 8 heteroatoms. The van der Waals surface area contributed by atoms with Crippen LogP contribution in [0, 0.1) is 12.7 Å². The van der Waals surface area contributed by atoms with Crippen molar-refractivity contribution in [3.05, 3.63) is 29.6 Å². The Hall–Kier alpha value is -1.15. The first-order chi connectivity index (χ1) is 7.62. The number of halogens is 4. The summed E-state index contributed by atoms with van der Waals surface area (Å²) in [6, 6.07) is 2.58. The second kappa shape index (κ2) is 4.61. The van der Waals surface area contributed by atoms with Gasteiger partial charge in [0.05, 0.1) is 4.90 Å². The van der Waals surface area contributed by atoms with Crippen molar-refractivity contribution in [2.24, 2.45) is 0 Å². The van der Waals surface area contributed by atoms with Crippen molar-refractivity contribution < 1.29 is 30.2 Å². The standard InChI is InChI=1S/C9H8F4O3S/c1-6-4-7(10)2-3-8(6)17(14,15)16-5-9(11,12)13/h2-4H,5H2,1H3. The highest BCUT2D eigenvalue weighted by Crippen LogP contribution is 2.22. The smallest absolute Gasteiger partial charge is 0.257 e. The average molecular weight is 272 g/mol. The molecule has 0 unspecified atom stereocenters.